The normalized spacial score (nSPS) is 12.2. The lowest BCUT2D eigenvalue weighted by Gasteiger charge is -2.09. The van der Waals surface area contributed by atoms with Crippen LogP contribution < -0.4 is 10.6 Å². The second-order valence-electron chi connectivity index (χ2n) is 3.69. The Morgan fingerprint density at radius 1 is 1.59 bits per heavy atom. The molecule has 3 N–H and O–H groups in total. The van der Waals surface area contributed by atoms with Gasteiger partial charge in [-0.05, 0) is 34.8 Å². The molecule has 1 aromatic rings. The molecule has 1 atom stereocenters. The molecule has 0 radical (unpaired) electrons. The van der Waals surface area contributed by atoms with Gasteiger partial charge in [0.1, 0.15) is 0 Å². The molecule has 0 bridgehead atoms. The highest BCUT2D eigenvalue weighted by atomic mass is 79.9. The molecule has 0 saturated heterocycles. The number of thiophene rings is 1. The van der Waals surface area contributed by atoms with Crippen molar-refractivity contribution in [3.8, 4) is 0 Å². The molecule has 0 aliphatic heterocycles. The molecule has 1 unspecified atom stereocenters. The number of nitrogens with one attached hydrogen (secondary N) is 2. The lowest BCUT2D eigenvalue weighted by atomic mass is 10.2. The van der Waals surface area contributed by atoms with Crippen molar-refractivity contribution in [3.63, 3.8) is 0 Å². The lowest BCUT2D eigenvalue weighted by molar-refractivity contribution is 0.160. The molecule has 1 aromatic heterocycles. The Balaban J connectivity index is 2.13. The smallest absolute Gasteiger partial charge is 0.315 e. The average Bonchev–Trinajstić information content (AvgIpc) is 2.72. The summed E-state index contributed by atoms with van der Waals surface area (Å²) < 4.78 is 1.03. The maximum absolute atomic E-state index is 11.4. The number of carbonyl (C=O) groups is 1. The molecule has 1 heterocycles. The van der Waals surface area contributed by atoms with E-state index in [1.807, 2.05) is 18.4 Å². The Morgan fingerprint density at radius 2 is 2.35 bits per heavy atom. The molecule has 4 nitrogen and oxygen atoms in total. The van der Waals surface area contributed by atoms with Crippen molar-refractivity contribution in [2.75, 3.05) is 6.54 Å². The number of rotatable bonds is 6. The van der Waals surface area contributed by atoms with Gasteiger partial charge in [-0.2, -0.15) is 0 Å². The first-order chi connectivity index (χ1) is 8.11. The Kier molecular flexibility index (Phi) is 6.54. The van der Waals surface area contributed by atoms with Crippen LogP contribution in [0.4, 0.5) is 4.79 Å². The van der Waals surface area contributed by atoms with Crippen LogP contribution in [-0.2, 0) is 6.54 Å². The minimum atomic E-state index is -0.330. The summed E-state index contributed by atoms with van der Waals surface area (Å²) in [6.07, 6.45) is 0.976. The summed E-state index contributed by atoms with van der Waals surface area (Å²) in [5, 5.41) is 16.8. The minimum Gasteiger partial charge on any atom is -0.393 e. The predicted octanol–water partition coefficient (Wildman–Crippen LogP) is 2.47. The molecule has 0 spiro atoms. The molecule has 0 fully saturated rings. The second-order valence-corrected chi connectivity index (χ2v) is 5.60. The number of carbonyl (C=O) groups excluding carboxylic acids is 1. The second kappa shape index (κ2) is 7.68. The SMILES string of the molecule is CCC(O)CCNC(=O)NCc1cc(Br)cs1. The molecule has 96 valence electrons. The van der Waals surface area contributed by atoms with E-state index >= 15 is 0 Å². The highest BCUT2D eigenvalue weighted by Crippen LogP contribution is 2.19. The van der Waals surface area contributed by atoms with E-state index in [-0.39, 0.29) is 12.1 Å². The van der Waals surface area contributed by atoms with Crippen LogP contribution in [0.5, 0.6) is 0 Å². The van der Waals surface area contributed by atoms with Crippen LogP contribution in [0.1, 0.15) is 24.6 Å². The van der Waals surface area contributed by atoms with Crippen LogP contribution in [0.2, 0.25) is 0 Å². The number of hydrogen-bond donors (Lipinski definition) is 3. The zero-order chi connectivity index (χ0) is 12.7. The number of urea groups is 1. The van der Waals surface area contributed by atoms with Crippen molar-refractivity contribution < 1.29 is 9.90 Å². The molecule has 0 aliphatic carbocycles. The van der Waals surface area contributed by atoms with Crippen molar-refractivity contribution >= 4 is 33.3 Å². The van der Waals surface area contributed by atoms with E-state index in [4.69, 9.17) is 0 Å². The van der Waals surface area contributed by atoms with E-state index < -0.39 is 0 Å². The first-order valence-electron chi connectivity index (χ1n) is 5.54. The largest absolute Gasteiger partial charge is 0.393 e. The van der Waals surface area contributed by atoms with Gasteiger partial charge < -0.3 is 15.7 Å². The van der Waals surface area contributed by atoms with E-state index in [2.05, 4.69) is 26.6 Å². The van der Waals surface area contributed by atoms with Crippen molar-refractivity contribution in [1.29, 1.82) is 0 Å². The maximum atomic E-state index is 11.4. The number of hydrogen-bond acceptors (Lipinski definition) is 3. The third-order valence-electron chi connectivity index (χ3n) is 2.28. The van der Waals surface area contributed by atoms with Gasteiger partial charge in [0.05, 0.1) is 12.6 Å². The monoisotopic (exact) mass is 320 g/mol. The molecule has 2 amide bonds. The zero-order valence-electron chi connectivity index (χ0n) is 9.70. The van der Waals surface area contributed by atoms with Gasteiger partial charge in [0.25, 0.3) is 0 Å². The van der Waals surface area contributed by atoms with Crippen molar-refractivity contribution in [2.45, 2.75) is 32.4 Å². The Hall–Kier alpha value is -0.590. The van der Waals surface area contributed by atoms with Gasteiger partial charge in [-0.3, -0.25) is 0 Å². The third-order valence-corrected chi connectivity index (χ3v) is 3.98. The molecule has 0 aliphatic rings. The van der Waals surface area contributed by atoms with E-state index in [1.54, 1.807) is 11.3 Å². The van der Waals surface area contributed by atoms with Gasteiger partial charge in [0.2, 0.25) is 0 Å². The van der Waals surface area contributed by atoms with Crippen molar-refractivity contribution in [1.82, 2.24) is 10.6 Å². The molecule has 6 heteroatoms. The summed E-state index contributed by atoms with van der Waals surface area (Å²) in [5.74, 6) is 0. The highest BCUT2D eigenvalue weighted by molar-refractivity contribution is 9.10. The quantitative estimate of drug-likeness (QED) is 0.754. The molecular weight excluding hydrogens is 304 g/mol. The van der Waals surface area contributed by atoms with Gasteiger partial charge >= 0.3 is 6.03 Å². The lowest BCUT2D eigenvalue weighted by Crippen LogP contribution is -2.36. The van der Waals surface area contributed by atoms with E-state index in [1.165, 1.54) is 0 Å². The Morgan fingerprint density at radius 3 is 2.94 bits per heavy atom. The van der Waals surface area contributed by atoms with Crippen LogP contribution in [0.25, 0.3) is 0 Å². The fourth-order valence-electron chi connectivity index (χ4n) is 1.23. The number of aliphatic hydroxyl groups excluding tert-OH is 1. The standard InChI is InChI=1S/C11H17BrN2O2S/c1-2-9(15)3-4-13-11(16)14-6-10-5-8(12)7-17-10/h5,7,9,15H,2-4,6H2,1H3,(H2,13,14,16). The molecule has 17 heavy (non-hydrogen) atoms. The Bertz CT molecular complexity index is 357. The van der Waals surface area contributed by atoms with Gasteiger partial charge in [-0.1, -0.05) is 6.92 Å². The van der Waals surface area contributed by atoms with Gasteiger partial charge in [-0.25, -0.2) is 4.79 Å². The summed E-state index contributed by atoms with van der Waals surface area (Å²) >= 11 is 4.95. The molecular formula is C11H17BrN2O2S. The fraction of sp³-hybridized carbons (Fsp3) is 0.545. The first kappa shape index (κ1) is 14.5. The summed E-state index contributed by atoms with van der Waals surface area (Å²) in [5.41, 5.74) is 0. The molecule has 0 aromatic carbocycles. The number of halogens is 1. The van der Waals surface area contributed by atoms with Crippen LogP contribution in [0.3, 0.4) is 0 Å². The zero-order valence-corrected chi connectivity index (χ0v) is 12.1. The topological polar surface area (TPSA) is 61.4 Å². The van der Waals surface area contributed by atoms with Crippen molar-refractivity contribution in [3.05, 3.63) is 20.8 Å². The van der Waals surface area contributed by atoms with E-state index in [0.29, 0.717) is 25.9 Å². The number of amides is 2. The summed E-state index contributed by atoms with van der Waals surface area (Å²) in [6.45, 7) is 2.94. The van der Waals surface area contributed by atoms with Crippen LogP contribution in [0.15, 0.2) is 15.9 Å². The Labute approximate surface area is 114 Å². The molecule has 0 saturated carbocycles. The fourth-order valence-corrected chi connectivity index (χ4v) is 2.62. The van der Waals surface area contributed by atoms with Gasteiger partial charge in [0.15, 0.2) is 0 Å². The summed E-state index contributed by atoms with van der Waals surface area (Å²) in [7, 11) is 0. The molecule has 1 rings (SSSR count). The van der Waals surface area contributed by atoms with Crippen LogP contribution >= 0.6 is 27.3 Å². The van der Waals surface area contributed by atoms with E-state index in [0.717, 1.165) is 9.35 Å². The van der Waals surface area contributed by atoms with E-state index in [9.17, 15) is 9.90 Å². The van der Waals surface area contributed by atoms with Crippen LogP contribution in [0, 0.1) is 0 Å². The minimum absolute atomic E-state index is 0.196. The van der Waals surface area contributed by atoms with Gasteiger partial charge in [0, 0.05) is 21.3 Å². The third kappa shape index (κ3) is 6.05. The van der Waals surface area contributed by atoms with Gasteiger partial charge in [-0.15, -0.1) is 11.3 Å². The number of aliphatic hydroxyl groups is 1. The predicted molar refractivity (Wildman–Crippen MR) is 73.2 cm³/mol. The van der Waals surface area contributed by atoms with Crippen molar-refractivity contribution in [2.24, 2.45) is 0 Å². The summed E-state index contributed by atoms with van der Waals surface area (Å²) in [4.78, 5) is 12.5. The maximum Gasteiger partial charge on any atom is 0.315 e. The average molecular weight is 321 g/mol. The first-order valence-corrected chi connectivity index (χ1v) is 7.21. The van der Waals surface area contributed by atoms with Crippen LogP contribution in [-0.4, -0.2) is 23.8 Å². The highest BCUT2D eigenvalue weighted by Gasteiger charge is 2.04. The summed E-state index contributed by atoms with van der Waals surface area (Å²) in [6, 6.07) is 1.78.